The molecular weight excluding hydrogens is 304 g/mol. The van der Waals surface area contributed by atoms with Gasteiger partial charge in [0.05, 0.1) is 41.2 Å². The fraction of sp³-hybridized carbons (Fsp3) is 0.400. The van der Waals surface area contributed by atoms with Crippen molar-refractivity contribution < 1.29 is 9.90 Å². The van der Waals surface area contributed by atoms with E-state index in [1.54, 1.807) is 17.2 Å². The third-order valence-electron chi connectivity index (χ3n) is 3.83. The lowest BCUT2D eigenvalue weighted by Crippen LogP contribution is -2.38. The van der Waals surface area contributed by atoms with Crippen molar-refractivity contribution in [3.63, 3.8) is 0 Å². The predicted molar refractivity (Wildman–Crippen MR) is 81.5 cm³/mol. The van der Waals surface area contributed by atoms with Crippen LogP contribution in [-0.4, -0.2) is 37.2 Å². The Morgan fingerprint density at radius 3 is 3.05 bits per heavy atom. The summed E-state index contributed by atoms with van der Waals surface area (Å²) in [6.07, 6.45) is 3.09. The van der Waals surface area contributed by atoms with E-state index in [2.05, 4.69) is 10.1 Å². The summed E-state index contributed by atoms with van der Waals surface area (Å²) in [6.45, 7) is 3.54. The fourth-order valence-corrected chi connectivity index (χ4v) is 2.75. The van der Waals surface area contributed by atoms with Crippen LogP contribution in [0.25, 0.3) is 0 Å². The third kappa shape index (κ3) is 2.71. The minimum absolute atomic E-state index is 0.113. The van der Waals surface area contributed by atoms with Gasteiger partial charge in [0.2, 0.25) is 0 Å². The quantitative estimate of drug-likeness (QED) is 0.939. The minimum Gasteiger partial charge on any atom is -0.387 e. The van der Waals surface area contributed by atoms with Gasteiger partial charge in [0.15, 0.2) is 0 Å². The zero-order valence-corrected chi connectivity index (χ0v) is 13.0. The number of nitrogens with zero attached hydrogens (tertiary/aromatic N) is 4. The van der Waals surface area contributed by atoms with E-state index in [9.17, 15) is 9.90 Å². The molecule has 0 spiro atoms. The lowest BCUT2D eigenvalue weighted by atomic mass is 10.1. The predicted octanol–water partition coefficient (Wildman–Crippen LogP) is 2.03. The number of amides is 1. The Morgan fingerprint density at radius 2 is 2.32 bits per heavy atom. The molecule has 0 fully saturated rings. The van der Waals surface area contributed by atoms with Crippen molar-refractivity contribution in [1.29, 1.82) is 0 Å². The summed E-state index contributed by atoms with van der Waals surface area (Å²) in [5.74, 6) is -0.113. The molecule has 1 amide bonds. The molecular formula is C15H17ClN4O2. The van der Waals surface area contributed by atoms with Crippen LogP contribution in [0.1, 0.15) is 41.2 Å². The minimum atomic E-state index is -0.558. The molecule has 0 saturated heterocycles. The number of pyridine rings is 1. The number of aliphatic hydroxyl groups is 1. The molecule has 0 bridgehead atoms. The first kappa shape index (κ1) is 15.0. The number of carbonyl (C=O) groups excluding carboxylic acids is 1. The van der Waals surface area contributed by atoms with Crippen LogP contribution < -0.4 is 0 Å². The van der Waals surface area contributed by atoms with Crippen molar-refractivity contribution in [3.8, 4) is 0 Å². The van der Waals surface area contributed by atoms with Gasteiger partial charge in [-0.2, -0.15) is 5.10 Å². The highest BCUT2D eigenvalue weighted by Crippen LogP contribution is 2.22. The van der Waals surface area contributed by atoms with Crippen LogP contribution in [0.5, 0.6) is 0 Å². The number of rotatable bonds is 3. The van der Waals surface area contributed by atoms with Crippen LogP contribution in [0.2, 0.25) is 5.02 Å². The van der Waals surface area contributed by atoms with Gasteiger partial charge in [-0.25, -0.2) is 0 Å². The van der Waals surface area contributed by atoms with Gasteiger partial charge in [-0.05, 0) is 18.6 Å². The van der Waals surface area contributed by atoms with Crippen LogP contribution in [0, 0.1) is 0 Å². The number of fused-ring (bicyclic) bond motifs is 1. The molecule has 1 aliphatic rings. The van der Waals surface area contributed by atoms with Gasteiger partial charge >= 0.3 is 0 Å². The molecule has 0 unspecified atom stereocenters. The summed E-state index contributed by atoms with van der Waals surface area (Å²) in [4.78, 5) is 18.2. The molecule has 3 rings (SSSR count). The molecule has 7 heteroatoms. The maximum Gasteiger partial charge on any atom is 0.255 e. The van der Waals surface area contributed by atoms with E-state index in [4.69, 9.17) is 11.6 Å². The zero-order chi connectivity index (χ0) is 15.7. The van der Waals surface area contributed by atoms with Crippen LogP contribution in [0.15, 0.2) is 24.5 Å². The standard InChI is InChI=1S/C15H17ClN4O2/c1-2-14(21)13-7-10-9-19(5-6-20(10)18-13)15(22)11-3-4-17-8-12(11)16/h3-4,7-8,14,21H,2,5-6,9H2,1H3/t14-/m0/s1. The van der Waals surface area contributed by atoms with Crippen molar-refractivity contribution in [2.24, 2.45) is 0 Å². The molecule has 2 aromatic rings. The Labute approximate surface area is 133 Å². The molecule has 0 aromatic carbocycles. The van der Waals surface area contributed by atoms with E-state index in [1.165, 1.54) is 6.20 Å². The summed E-state index contributed by atoms with van der Waals surface area (Å²) in [6, 6.07) is 3.49. The topological polar surface area (TPSA) is 71.2 Å². The monoisotopic (exact) mass is 320 g/mol. The van der Waals surface area contributed by atoms with E-state index in [-0.39, 0.29) is 5.91 Å². The van der Waals surface area contributed by atoms with Gasteiger partial charge < -0.3 is 10.0 Å². The largest absolute Gasteiger partial charge is 0.387 e. The first-order valence-corrected chi connectivity index (χ1v) is 7.61. The van der Waals surface area contributed by atoms with E-state index >= 15 is 0 Å². The SMILES string of the molecule is CC[C@H](O)c1cc2n(n1)CCN(C(=O)c1ccncc1Cl)C2. The average molecular weight is 321 g/mol. The number of halogens is 1. The maximum absolute atomic E-state index is 12.6. The van der Waals surface area contributed by atoms with E-state index < -0.39 is 6.10 Å². The van der Waals surface area contributed by atoms with Crippen LogP contribution in [-0.2, 0) is 13.1 Å². The second kappa shape index (κ2) is 6.06. The summed E-state index contributed by atoms with van der Waals surface area (Å²) in [5, 5.41) is 14.6. The number of carbonyl (C=O) groups is 1. The highest BCUT2D eigenvalue weighted by atomic mass is 35.5. The lowest BCUT2D eigenvalue weighted by Gasteiger charge is -2.27. The number of aliphatic hydroxyl groups excluding tert-OH is 1. The molecule has 116 valence electrons. The molecule has 6 nitrogen and oxygen atoms in total. The molecule has 1 atom stereocenters. The smallest absolute Gasteiger partial charge is 0.255 e. The van der Waals surface area contributed by atoms with E-state index in [1.807, 2.05) is 17.7 Å². The molecule has 0 aliphatic carbocycles. The molecule has 2 aromatic heterocycles. The normalized spacial score (nSPS) is 15.5. The number of hydrogen-bond acceptors (Lipinski definition) is 4. The van der Waals surface area contributed by atoms with Crippen molar-refractivity contribution >= 4 is 17.5 Å². The number of hydrogen-bond donors (Lipinski definition) is 1. The van der Waals surface area contributed by atoms with Gasteiger partial charge in [-0.1, -0.05) is 18.5 Å². The molecule has 1 aliphatic heterocycles. The third-order valence-corrected chi connectivity index (χ3v) is 4.14. The van der Waals surface area contributed by atoms with Gasteiger partial charge in [-0.3, -0.25) is 14.5 Å². The Balaban J connectivity index is 1.81. The Bertz CT molecular complexity index is 701. The Morgan fingerprint density at radius 1 is 1.50 bits per heavy atom. The Kier molecular flexibility index (Phi) is 4.13. The van der Waals surface area contributed by atoms with Crippen molar-refractivity contribution in [2.75, 3.05) is 6.54 Å². The highest BCUT2D eigenvalue weighted by molar-refractivity contribution is 6.33. The van der Waals surface area contributed by atoms with Crippen LogP contribution in [0.3, 0.4) is 0 Å². The van der Waals surface area contributed by atoms with Crippen molar-refractivity contribution in [3.05, 3.63) is 46.5 Å². The second-order valence-corrected chi connectivity index (χ2v) is 5.70. The van der Waals surface area contributed by atoms with Crippen LogP contribution >= 0.6 is 11.6 Å². The van der Waals surface area contributed by atoms with Gasteiger partial charge in [0, 0.05) is 18.9 Å². The van der Waals surface area contributed by atoms with Gasteiger partial charge in [-0.15, -0.1) is 0 Å². The van der Waals surface area contributed by atoms with Gasteiger partial charge in [0.1, 0.15) is 0 Å². The van der Waals surface area contributed by atoms with Gasteiger partial charge in [0.25, 0.3) is 5.91 Å². The molecule has 0 saturated carbocycles. The first-order chi connectivity index (χ1) is 10.6. The summed E-state index contributed by atoms with van der Waals surface area (Å²) in [5.41, 5.74) is 2.04. The summed E-state index contributed by atoms with van der Waals surface area (Å²) < 4.78 is 1.85. The second-order valence-electron chi connectivity index (χ2n) is 5.29. The molecule has 1 N–H and O–H groups in total. The van der Waals surface area contributed by atoms with E-state index in [0.29, 0.717) is 42.3 Å². The number of aromatic nitrogens is 3. The molecule has 0 radical (unpaired) electrons. The average Bonchev–Trinajstić information content (AvgIpc) is 2.97. The molecule has 3 heterocycles. The summed E-state index contributed by atoms with van der Waals surface area (Å²) >= 11 is 6.04. The highest BCUT2D eigenvalue weighted by Gasteiger charge is 2.25. The molecule has 22 heavy (non-hydrogen) atoms. The summed E-state index contributed by atoms with van der Waals surface area (Å²) in [7, 11) is 0. The van der Waals surface area contributed by atoms with E-state index in [0.717, 1.165) is 5.69 Å². The zero-order valence-electron chi connectivity index (χ0n) is 12.2. The first-order valence-electron chi connectivity index (χ1n) is 7.23. The maximum atomic E-state index is 12.6. The van der Waals surface area contributed by atoms with Crippen molar-refractivity contribution in [2.45, 2.75) is 32.5 Å². The van der Waals surface area contributed by atoms with Crippen LogP contribution in [0.4, 0.5) is 0 Å². The lowest BCUT2D eigenvalue weighted by molar-refractivity contribution is 0.0705. The fourth-order valence-electron chi connectivity index (χ4n) is 2.55. The Hall–Kier alpha value is -1.92. The van der Waals surface area contributed by atoms with Crippen molar-refractivity contribution in [1.82, 2.24) is 19.7 Å².